The molecule has 4 heteroatoms. The fourth-order valence-electron chi connectivity index (χ4n) is 2.55. The molecule has 1 saturated carbocycles. The highest BCUT2D eigenvalue weighted by molar-refractivity contribution is 6.33. The normalized spacial score (nSPS) is 15.5. The van der Waals surface area contributed by atoms with E-state index in [9.17, 15) is 4.79 Å². The Morgan fingerprint density at radius 3 is 2.48 bits per heavy atom. The van der Waals surface area contributed by atoms with Crippen molar-refractivity contribution in [3.05, 3.63) is 58.6 Å². The number of hydrogen-bond acceptors (Lipinski definition) is 2. The van der Waals surface area contributed by atoms with Crippen LogP contribution >= 0.6 is 11.6 Å². The van der Waals surface area contributed by atoms with E-state index in [4.69, 9.17) is 17.3 Å². The SMILES string of the molecule is Cc1ccc(Cl)c(NC(=O)C2(c3ccc(N)cc3)CC2)c1. The molecule has 0 unspecified atom stereocenters. The topological polar surface area (TPSA) is 55.1 Å². The first-order valence-electron chi connectivity index (χ1n) is 6.95. The minimum Gasteiger partial charge on any atom is -0.399 e. The lowest BCUT2D eigenvalue weighted by Crippen LogP contribution is -2.28. The quantitative estimate of drug-likeness (QED) is 0.845. The number of amides is 1. The van der Waals surface area contributed by atoms with Gasteiger partial charge in [-0.25, -0.2) is 0 Å². The van der Waals surface area contributed by atoms with Crippen molar-refractivity contribution in [2.24, 2.45) is 0 Å². The van der Waals surface area contributed by atoms with Crippen LogP contribution in [0.1, 0.15) is 24.0 Å². The number of benzene rings is 2. The number of rotatable bonds is 3. The molecular formula is C17H17ClN2O. The van der Waals surface area contributed by atoms with E-state index in [0.29, 0.717) is 16.4 Å². The molecule has 0 aromatic heterocycles. The van der Waals surface area contributed by atoms with Crippen LogP contribution in [-0.2, 0) is 10.2 Å². The molecule has 1 aliphatic rings. The minimum absolute atomic E-state index is 0.000212. The van der Waals surface area contributed by atoms with Gasteiger partial charge in [0.15, 0.2) is 0 Å². The first-order chi connectivity index (χ1) is 10.0. The molecule has 0 aliphatic heterocycles. The summed E-state index contributed by atoms with van der Waals surface area (Å²) in [6.07, 6.45) is 1.71. The number of halogens is 1. The van der Waals surface area contributed by atoms with Crippen LogP contribution in [0.4, 0.5) is 11.4 Å². The molecule has 0 radical (unpaired) electrons. The number of hydrogen-bond donors (Lipinski definition) is 2. The van der Waals surface area contributed by atoms with Crippen molar-refractivity contribution in [2.75, 3.05) is 11.1 Å². The second-order valence-electron chi connectivity index (χ2n) is 5.64. The first kappa shape index (κ1) is 14.0. The van der Waals surface area contributed by atoms with E-state index in [1.165, 1.54) is 0 Å². The molecule has 1 fully saturated rings. The highest BCUT2D eigenvalue weighted by Gasteiger charge is 2.51. The third kappa shape index (κ3) is 2.61. The van der Waals surface area contributed by atoms with Gasteiger partial charge in [-0.1, -0.05) is 29.8 Å². The molecule has 21 heavy (non-hydrogen) atoms. The molecular weight excluding hydrogens is 284 g/mol. The molecule has 0 spiro atoms. The highest BCUT2D eigenvalue weighted by atomic mass is 35.5. The summed E-state index contributed by atoms with van der Waals surface area (Å²) >= 11 is 6.15. The van der Waals surface area contributed by atoms with Gasteiger partial charge < -0.3 is 11.1 Å². The Morgan fingerprint density at radius 1 is 1.19 bits per heavy atom. The second kappa shape index (κ2) is 5.08. The van der Waals surface area contributed by atoms with Crippen LogP contribution in [0.25, 0.3) is 0 Å². The zero-order valence-corrected chi connectivity index (χ0v) is 12.6. The van der Waals surface area contributed by atoms with E-state index >= 15 is 0 Å². The van der Waals surface area contributed by atoms with Crippen molar-refractivity contribution in [1.29, 1.82) is 0 Å². The molecule has 1 aliphatic carbocycles. The summed E-state index contributed by atoms with van der Waals surface area (Å²) in [4.78, 5) is 12.6. The van der Waals surface area contributed by atoms with E-state index < -0.39 is 5.41 Å². The largest absolute Gasteiger partial charge is 0.399 e. The molecule has 3 N–H and O–H groups in total. The van der Waals surface area contributed by atoms with Crippen molar-refractivity contribution >= 4 is 28.9 Å². The summed E-state index contributed by atoms with van der Waals surface area (Å²) in [5.41, 5.74) is 8.73. The van der Waals surface area contributed by atoms with Gasteiger partial charge in [-0.3, -0.25) is 4.79 Å². The number of aryl methyl sites for hydroxylation is 1. The zero-order valence-electron chi connectivity index (χ0n) is 11.8. The van der Waals surface area contributed by atoms with Gasteiger partial charge >= 0.3 is 0 Å². The van der Waals surface area contributed by atoms with Crippen LogP contribution in [0, 0.1) is 6.92 Å². The summed E-state index contributed by atoms with van der Waals surface area (Å²) in [6, 6.07) is 13.1. The van der Waals surface area contributed by atoms with E-state index in [0.717, 1.165) is 24.0 Å². The molecule has 0 heterocycles. The third-order valence-corrected chi connectivity index (χ3v) is 4.35. The predicted molar refractivity (Wildman–Crippen MR) is 86.6 cm³/mol. The molecule has 1 amide bonds. The Hall–Kier alpha value is -2.00. The maximum atomic E-state index is 12.6. The van der Waals surface area contributed by atoms with Crippen LogP contribution in [0.3, 0.4) is 0 Å². The number of nitrogens with two attached hydrogens (primary N) is 1. The summed E-state index contributed by atoms with van der Waals surface area (Å²) in [6.45, 7) is 1.97. The molecule has 0 bridgehead atoms. The fraction of sp³-hybridized carbons (Fsp3) is 0.235. The van der Waals surface area contributed by atoms with E-state index in [-0.39, 0.29) is 5.91 Å². The molecule has 108 valence electrons. The number of nitrogens with one attached hydrogen (secondary N) is 1. The van der Waals surface area contributed by atoms with Crippen molar-refractivity contribution in [3.63, 3.8) is 0 Å². The van der Waals surface area contributed by atoms with Gasteiger partial charge in [-0.15, -0.1) is 0 Å². The van der Waals surface area contributed by atoms with Crippen molar-refractivity contribution < 1.29 is 4.79 Å². The number of nitrogen functional groups attached to an aromatic ring is 1. The van der Waals surface area contributed by atoms with Crippen LogP contribution in [0.15, 0.2) is 42.5 Å². The zero-order chi connectivity index (χ0) is 15.0. The molecule has 3 nitrogen and oxygen atoms in total. The maximum Gasteiger partial charge on any atom is 0.235 e. The van der Waals surface area contributed by atoms with Crippen LogP contribution in [0.5, 0.6) is 0 Å². The predicted octanol–water partition coefficient (Wildman–Crippen LogP) is 3.90. The molecule has 0 atom stereocenters. The average Bonchev–Trinajstić information content (AvgIpc) is 3.25. The lowest BCUT2D eigenvalue weighted by molar-refractivity contribution is -0.118. The summed E-state index contributed by atoms with van der Waals surface area (Å²) in [5, 5.41) is 3.52. The summed E-state index contributed by atoms with van der Waals surface area (Å²) in [7, 11) is 0. The Kier molecular flexibility index (Phi) is 3.38. The first-order valence-corrected chi connectivity index (χ1v) is 7.33. The van der Waals surface area contributed by atoms with Gasteiger partial charge in [0.1, 0.15) is 0 Å². The van der Waals surface area contributed by atoms with E-state index in [1.54, 1.807) is 6.07 Å². The van der Waals surface area contributed by atoms with Crippen molar-refractivity contribution in [3.8, 4) is 0 Å². The monoisotopic (exact) mass is 300 g/mol. The van der Waals surface area contributed by atoms with Gasteiger partial charge in [0, 0.05) is 5.69 Å². The fourth-order valence-corrected chi connectivity index (χ4v) is 2.72. The van der Waals surface area contributed by atoms with E-state index in [2.05, 4.69) is 5.32 Å². The van der Waals surface area contributed by atoms with Gasteiger partial charge in [-0.2, -0.15) is 0 Å². The lowest BCUT2D eigenvalue weighted by atomic mass is 9.94. The standard InChI is InChI=1S/C17H17ClN2O/c1-11-2-7-14(18)15(10-11)20-16(21)17(8-9-17)12-3-5-13(19)6-4-12/h2-7,10H,8-9,19H2,1H3,(H,20,21). The molecule has 3 rings (SSSR count). The smallest absolute Gasteiger partial charge is 0.235 e. The van der Waals surface area contributed by atoms with Gasteiger partial charge in [0.05, 0.1) is 16.1 Å². The minimum atomic E-state index is -0.430. The molecule has 2 aromatic carbocycles. The Morgan fingerprint density at radius 2 is 1.86 bits per heavy atom. The van der Waals surface area contributed by atoms with Crippen LogP contribution < -0.4 is 11.1 Å². The number of anilines is 2. The third-order valence-electron chi connectivity index (χ3n) is 4.02. The van der Waals surface area contributed by atoms with Crippen LogP contribution in [-0.4, -0.2) is 5.91 Å². The number of carbonyl (C=O) groups is 1. The van der Waals surface area contributed by atoms with E-state index in [1.807, 2.05) is 43.3 Å². The van der Waals surface area contributed by atoms with Gasteiger partial charge in [-0.05, 0) is 55.2 Å². The Bertz CT molecular complexity index is 690. The maximum absolute atomic E-state index is 12.6. The molecule has 2 aromatic rings. The highest BCUT2D eigenvalue weighted by Crippen LogP contribution is 2.49. The average molecular weight is 301 g/mol. The Labute approximate surface area is 129 Å². The Balaban J connectivity index is 1.85. The summed E-state index contributed by atoms with van der Waals surface area (Å²) in [5.74, 6) is -0.000212. The molecule has 0 saturated heterocycles. The van der Waals surface area contributed by atoms with Crippen LogP contribution in [0.2, 0.25) is 5.02 Å². The summed E-state index contributed by atoms with van der Waals surface area (Å²) < 4.78 is 0. The second-order valence-corrected chi connectivity index (χ2v) is 6.05. The lowest BCUT2D eigenvalue weighted by Gasteiger charge is -2.17. The van der Waals surface area contributed by atoms with Crippen molar-refractivity contribution in [1.82, 2.24) is 0 Å². The van der Waals surface area contributed by atoms with Gasteiger partial charge in [0.2, 0.25) is 5.91 Å². The van der Waals surface area contributed by atoms with Gasteiger partial charge in [0.25, 0.3) is 0 Å². The number of carbonyl (C=O) groups excluding carboxylic acids is 1. The van der Waals surface area contributed by atoms with Crippen molar-refractivity contribution in [2.45, 2.75) is 25.2 Å².